The number of hydrogen-bond donors (Lipinski definition) is 1. The van der Waals surface area contributed by atoms with Crippen LogP contribution < -0.4 is 10.2 Å². The summed E-state index contributed by atoms with van der Waals surface area (Å²) in [5.74, 6) is 2.49. The Hall–Kier alpha value is -0.540. The molecule has 0 saturated carbocycles. The van der Waals surface area contributed by atoms with Crippen molar-refractivity contribution in [2.45, 2.75) is 18.9 Å². The van der Waals surface area contributed by atoms with Crippen LogP contribution in [-0.4, -0.2) is 31.6 Å². The summed E-state index contributed by atoms with van der Waals surface area (Å²) in [5.41, 5.74) is 2.35. The molecule has 1 aromatic carbocycles. The lowest BCUT2D eigenvalue weighted by atomic mass is 10.1. The van der Waals surface area contributed by atoms with Gasteiger partial charge in [0.2, 0.25) is 0 Å². The standard InChI is InChI=1S/C13H19ClN2S/c1-16(2)13-6-5-10(14)8-12(13)15-11-4-3-7-17-9-11/h5-6,8,11,15H,3-4,7,9H2,1-2H3. The largest absolute Gasteiger partial charge is 0.380 e. The molecule has 1 heterocycles. The molecule has 0 aliphatic carbocycles. The Balaban J connectivity index is 2.14. The normalized spacial score (nSPS) is 20.1. The average molecular weight is 271 g/mol. The SMILES string of the molecule is CN(C)c1ccc(Cl)cc1NC1CCCSC1. The van der Waals surface area contributed by atoms with Crippen molar-refractivity contribution >= 4 is 34.7 Å². The van der Waals surface area contributed by atoms with Crippen molar-refractivity contribution in [3.63, 3.8) is 0 Å². The fourth-order valence-electron chi connectivity index (χ4n) is 2.09. The first-order valence-electron chi connectivity index (χ1n) is 5.98. The number of thioether (sulfide) groups is 1. The van der Waals surface area contributed by atoms with Gasteiger partial charge in [0, 0.05) is 30.9 Å². The van der Waals surface area contributed by atoms with Crippen molar-refractivity contribution in [1.82, 2.24) is 0 Å². The van der Waals surface area contributed by atoms with Gasteiger partial charge >= 0.3 is 0 Å². The van der Waals surface area contributed by atoms with E-state index in [1.807, 2.05) is 23.9 Å². The molecule has 1 saturated heterocycles. The maximum absolute atomic E-state index is 6.08. The van der Waals surface area contributed by atoms with Gasteiger partial charge in [-0.3, -0.25) is 0 Å². The Kier molecular flexibility index (Phi) is 4.46. The van der Waals surface area contributed by atoms with Crippen molar-refractivity contribution in [2.24, 2.45) is 0 Å². The molecule has 1 fully saturated rings. The van der Waals surface area contributed by atoms with E-state index in [-0.39, 0.29) is 0 Å². The fourth-order valence-corrected chi connectivity index (χ4v) is 3.33. The molecule has 1 aliphatic heterocycles. The van der Waals surface area contributed by atoms with Crippen LogP contribution in [0.15, 0.2) is 18.2 Å². The first-order valence-corrected chi connectivity index (χ1v) is 7.51. The summed E-state index contributed by atoms with van der Waals surface area (Å²) in [6.07, 6.45) is 2.56. The van der Waals surface area contributed by atoms with E-state index in [9.17, 15) is 0 Å². The molecule has 17 heavy (non-hydrogen) atoms. The van der Waals surface area contributed by atoms with Gasteiger partial charge in [0.05, 0.1) is 11.4 Å². The predicted octanol–water partition coefficient (Wildman–Crippen LogP) is 3.71. The molecule has 1 atom stereocenters. The number of nitrogens with zero attached hydrogens (tertiary/aromatic N) is 1. The Labute approximate surface area is 113 Å². The van der Waals surface area contributed by atoms with Gasteiger partial charge in [-0.15, -0.1) is 0 Å². The van der Waals surface area contributed by atoms with Gasteiger partial charge in [-0.05, 0) is 36.8 Å². The van der Waals surface area contributed by atoms with Crippen molar-refractivity contribution in [3.05, 3.63) is 23.2 Å². The molecular weight excluding hydrogens is 252 g/mol. The van der Waals surface area contributed by atoms with Crippen LogP contribution in [0.5, 0.6) is 0 Å². The predicted molar refractivity (Wildman–Crippen MR) is 79.7 cm³/mol. The summed E-state index contributed by atoms with van der Waals surface area (Å²) < 4.78 is 0. The summed E-state index contributed by atoms with van der Waals surface area (Å²) >= 11 is 8.11. The van der Waals surface area contributed by atoms with Crippen LogP contribution in [-0.2, 0) is 0 Å². The summed E-state index contributed by atoms with van der Waals surface area (Å²) in [4.78, 5) is 2.12. The molecule has 0 radical (unpaired) electrons. The lowest BCUT2D eigenvalue weighted by molar-refractivity contribution is 0.685. The zero-order valence-corrected chi connectivity index (χ0v) is 11.9. The number of halogens is 1. The molecule has 0 spiro atoms. The van der Waals surface area contributed by atoms with Crippen LogP contribution in [0.25, 0.3) is 0 Å². The first kappa shape index (κ1) is 12.9. The Morgan fingerprint density at radius 2 is 2.24 bits per heavy atom. The fraction of sp³-hybridized carbons (Fsp3) is 0.538. The summed E-state index contributed by atoms with van der Waals surface area (Å²) in [6, 6.07) is 6.61. The summed E-state index contributed by atoms with van der Waals surface area (Å²) in [7, 11) is 4.12. The molecule has 1 aromatic rings. The molecule has 1 unspecified atom stereocenters. The van der Waals surface area contributed by atoms with E-state index in [0.29, 0.717) is 6.04 Å². The van der Waals surface area contributed by atoms with Crippen LogP contribution in [0.3, 0.4) is 0 Å². The van der Waals surface area contributed by atoms with Crippen LogP contribution in [0, 0.1) is 0 Å². The van der Waals surface area contributed by atoms with Crippen molar-refractivity contribution in [2.75, 3.05) is 35.8 Å². The number of benzene rings is 1. The van der Waals surface area contributed by atoms with Gasteiger partial charge < -0.3 is 10.2 Å². The number of anilines is 2. The molecule has 0 aromatic heterocycles. The minimum absolute atomic E-state index is 0.575. The highest BCUT2D eigenvalue weighted by Gasteiger charge is 2.15. The summed E-state index contributed by atoms with van der Waals surface area (Å²) in [6.45, 7) is 0. The quantitative estimate of drug-likeness (QED) is 0.901. The van der Waals surface area contributed by atoms with Gasteiger partial charge in [-0.25, -0.2) is 0 Å². The lowest BCUT2D eigenvalue weighted by Crippen LogP contribution is -2.26. The average Bonchev–Trinajstić information content (AvgIpc) is 2.30. The van der Waals surface area contributed by atoms with Crippen molar-refractivity contribution in [3.8, 4) is 0 Å². The minimum Gasteiger partial charge on any atom is -0.380 e. The second-order valence-electron chi connectivity index (χ2n) is 4.61. The van der Waals surface area contributed by atoms with E-state index in [2.05, 4.69) is 30.4 Å². The molecule has 94 valence electrons. The highest BCUT2D eigenvalue weighted by atomic mass is 35.5. The van der Waals surface area contributed by atoms with Gasteiger partial charge in [0.1, 0.15) is 0 Å². The smallest absolute Gasteiger partial charge is 0.0597 e. The van der Waals surface area contributed by atoms with Gasteiger partial charge in [0.25, 0.3) is 0 Å². The highest BCUT2D eigenvalue weighted by molar-refractivity contribution is 7.99. The zero-order valence-electron chi connectivity index (χ0n) is 10.4. The molecule has 0 bridgehead atoms. The molecule has 1 N–H and O–H groups in total. The van der Waals surface area contributed by atoms with Gasteiger partial charge in [0.15, 0.2) is 0 Å². The first-order chi connectivity index (χ1) is 8.16. The second-order valence-corrected chi connectivity index (χ2v) is 6.20. The van der Waals surface area contributed by atoms with Crippen molar-refractivity contribution in [1.29, 1.82) is 0 Å². The zero-order chi connectivity index (χ0) is 12.3. The van der Waals surface area contributed by atoms with Crippen LogP contribution in [0.4, 0.5) is 11.4 Å². The Bertz CT molecular complexity index is 376. The van der Waals surface area contributed by atoms with E-state index in [0.717, 1.165) is 10.7 Å². The van der Waals surface area contributed by atoms with Crippen LogP contribution in [0.2, 0.25) is 5.02 Å². The number of nitrogens with one attached hydrogen (secondary N) is 1. The molecule has 0 amide bonds. The number of rotatable bonds is 3. The topological polar surface area (TPSA) is 15.3 Å². The maximum atomic E-state index is 6.08. The third kappa shape index (κ3) is 3.46. The minimum atomic E-state index is 0.575. The number of hydrogen-bond acceptors (Lipinski definition) is 3. The third-order valence-electron chi connectivity index (χ3n) is 2.96. The molecular formula is C13H19ClN2S. The van der Waals surface area contributed by atoms with Crippen molar-refractivity contribution < 1.29 is 0 Å². The maximum Gasteiger partial charge on any atom is 0.0597 e. The summed E-state index contributed by atoms with van der Waals surface area (Å²) in [5, 5.41) is 4.42. The highest BCUT2D eigenvalue weighted by Crippen LogP contribution is 2.30. The second kappa shape index (κ2) is 5.87. The van der Waals surface area contributed by atoms with Crippen LogP contribution >= 0.6 is 23.4 Å². The van der Waals surface area contributed by atoms with E-state index in [1.54, 1.807) is 0 Å². The molecule has 2 rings (SSSR count). The van der Waals surface area contributed by atoms with E-state index in [4.69, 9.17) is 11.6 Å². The molecule has 2 nitrogen and oxygen atoms in total. The van der Waals surface area contributed by atoms with Gasteiger partial charge in [-0.1, -0.05) is 11.6 Å². The Morgan fingerprint density at radius 1 is 1.41 bits per heavy atom. The van der Waals surface area contributed by atoms with Crippen LogP contribution in [0.1, 0.15) is 12.8 Å². The van der Waals surface area contributed by atoms with E-state index < -0.39 is 0 Å². The Morgan fingerprint density at radius 3 is 2.88 bits per heavy atom. The van der Waals surface area contributed by atoms with E-state index in [1.165, 1.54) is 30.0 Å². The van der Waals surface area contributed by atoms with Gasteiger partial charge in [-0.2, -0.15) is 11.8 Å². The molecule has 1 aliphatic rings. The monoisotopic (exact) mass is 270 g/mol. The third-order valence-corrected chi connectivity index (χ3v) is 4.41. The van der Waals surface area contributed by atoms with E-state index >= 15 is 0 Å². The lowest BCUT2D eigenvalue weighted by Gasteiger charge is -2.26. The molecule has 4 heteroatoms.